The van der Waals surface area contributed by atoms with E-state index in [1.54, 1.807) is 0 Å². The van der Waals surface area contributed by atoms with Crippen molar-refractivity contribution in [3.05, 3.63) is 32.7 Å². The minimum Gasteiger partial charge on any atom is -0.352 e. The van der Waals surface area contributed by atoms with Gasteiger partial charge in [-0.2, -0.15) is 0 Å². The number of hydrogen-bond donors (Lipinski definition) is 2. The molecule has 0 unspecified atom stereocenters. The monoisotopic (exact) mass is 242 g/mol. The van der Waals surface area contributed by atoms with E-state index < -0.39 is 5.56 Å². The van der Waals surface area contributed by atoms with Crippen LogP contribution in [0.5, 0.6) is 0 Å². The Hall–Kier alpha value is -1.29. The van der Waals surface area contributed by atoms with Gasteiger partial charge < -0.3 is 10.3 Å². The molecule has 0 spiro atoms. The fourth-order valence-corrected chi connectivity index (χ4v) is 1.59. The number of carbonyl (C=O) groups excluding carboxylic acids is 1. The normalized spacial score (nSPS) is 10.2. The molecule has 0 saturated heterocycles. The van der Waals surface area contributed by atoms with Crippen LogP contribution in [0.15, 0.2) is 10.9 Å². The smallest absolute Gasteiger partial charge is 0.261 e. The Morgan fingerprint density at radius 3 is 2.75 bits per heavy atom. The van der Waals surface area contributed by atoms with Crippen LogP contribution in [-0.2, 0) is 6.42 Å². The average molecular weight is 243 g/mol. The molecule has 1 heterocycles. The molecule has 0 aliphatic heterocycles. The highest BCUT2D eigenvalue weighted by molar-refractivity contribution is 6.31. The van der Waals surface area contributed by atoms with E-state index in [-0.39, 0.29) is 11.5 Å². The second kappa shape index (κ2) is 5.70. The van der Waals surface area contributed by atoms with Gasteiger partial charge in [0, 0.05) is 12.2 Å². The molecule has 1 aromatic rings. The predicted octanol–water partition coefficient (Wildman–Crippen LogP) is 1.73. The lowest BCUT2D eigenvalue weighted by molar-refractivity contribution is 0.0952. The lowest BCUT2D eigenvalue weighted by atomic mass is 10.2. The predicted molar refractivity (Wildman–Crippen MR) is 64.1 cm³/mol. The number of aromatic nitrogens is 1. The molecule has 0 aliphatic rings. The Kier molecular flexibility index (Phi) is 4.55. The molecule has 5 heteroatoms. The van der Waals surface area contributed by atoms with Crippen LogP contribution in [0, 0.1) is 0 Å². The molecule has 0 saturated carbocycles. The summed E-state index contributed by atoms with van der Waals surface area (Å²) in [5.41, 5.74) is 0.323. The van der Waals surface area contributed by atoms with Crippen LogP contribution in [0.25, 0.3) is 0 Å². The zero-order valence-electron chi connectivity index (χ0n) is 9.39. The Bertz CT molecular complexity index is 440. The van der Waals surface area contributed by atoms with Crippen LogP contribution < -0.4 is 10.9 Å². The van der Waals surface area contributed by atoms with Gasteiger partial charge in [-0.05, 0) is 18.9 Å². The van der Waals surface area contributed by atoms with Crippen molar-refractivity contribution in [2.24, 2.45) is 0 Å². The second-order valence-electron chi connectivity index (χ2n) is 3.45. The van der Waals surface area contributed by atoms with E-state index in [1.165, 1.54) is 6.07 Å². The first kappa shape index (κ1) is 12.8. The highest BCUT2D eigenvalue weighted by atomic mass is 35.5. The van der Waals surface area contributed by atoms with E-state index in [2.05, 4.69) is 10.3 Å². The third-order valence-corrected chi connectivity index (χ3v) is 2.54. The maximum Gasteiger partial charge on any atom is 0.261 e. The maximum atomic E-state index is 11.6. The molecule has 2 N–H and O–H groups in total. The molecule has 16 heavy (non-hydrogen) atoms. The van der Waals surface area contributed by atoms with E-state index in [1.807, 2.05) is 13.8 Å². The summed E-state index contributed by atoms with van der Waals surface area (Å²) < 4.78 is 0. The average Bonchev–Trinajstić information content (AvgIpc) is 2.28. The minimum absolute atomic E-state index is 0.0654. The highest BCUT2D eigenvalue weighted by Crippen LogP contribution is 2.13. The number of nitrogens with one attached hydrogen (secondary N) is 2. The van der Waals surface area contributed by atoms with Crippen LogP contribution in [0.3, 0.4) is 0 Å². The van der Waals surface area contributed by atoms with Crippen molar-refractivity contribution in [1.82, 2.24) is 10.3 Å². The summed E-state index contributed by atoms with van der Waals surface area (Å²) in [7, 11) is 0. The SMILES string of the molecule is CCCNC(=O)c1cc(Cl)c(CC)[nH]c1=O. The van der Waals surface area contributed by atoms with Gasteiger partial charge in [0.2, 0.25) is 0 Å². The topological polar surface area (TPSA) is 62.0 Å². The van der Waals surface area contributed by atoms with Gasteiger partial charge in [-0.25, -0.2) is 0 Å². The number of aromatic amines is 1. The van der Waals surface area contributed by atoms with Crippen molar-refractivity contribution in [2.45, 2.75) is 26.7 Å². The fourth-order valence-electron chi connectivity index (χ4n) is 1.30. The van der Waals surface area contributed by atoms with E-state index in [4.69, 9.17) is 11.6 Å². The molecular weight excluding hydrogens is 228 g/mol. The van der Waals surface area contributed by atoms with Crippen molar-refractivity contribution in [2.75, 3.05) is 6.54 Å². The zero-order chi connectivity index (χ0) is 12.1. The van der Waals surface area contributed by atoms with Crippen LogP contribution in [0.1, 0.15) is 36.3 Å². The van der Waals surface area contributed by atoms with E-state index in [0.717, 1.165) is 6.42 Å². The van der Waals surface area contributed by atoms with Crippen LogP contribution in [0.4, 0.5) is 0 Å². The van der Waals surface area contributed by atoms with Crippen molar-refractivity contribution < 1.29 is 4.79 Å². The van der Waals surface area contributed by atoms with Gasteiger partial charge in [0.05, 0.1) is 5.02 Å². The third kappa shape index (κ3) is 2.85. The summed E-state index contributed by atoms with van der Waals surface area (Å²) in [6, 6.07) is 1.42. The molecule has 0 aromatic carbocycles. The summed E-state index contributed by atoms with van der Waals surface area (Å²) in [5, 5.41) is 3.06. The van der Waals surface area contributed by atoms with Gasteiger partial charge >= 0.3 is 0 Å². The number of carbonyl (C=O) groups is 1. The number of pyridine rings is 1. The molecule has 0 radical (unpaired) electrons. The van der Waals surface area contributed by atoms with Crippen molar-refractivity contribution in [3.63, 3.8) is 0 Å². The summed E-state index contributed by atoms with van der Waals surface area (Å²) in [6.07, 6.45) is 1.45. The van der Waals surface area contributed by atoms with Crippen LogP contribution in [-0.4, -0.2) is 17.4 Å². The molecule has 0 bridgehead atoms. The number of rotatable bonds is 4. The molecule has 1 aromatic heterocycles. The van der Waals surface area contributed by atoms with Gasteiger partial charge in [0.25, 0.3) is 11.5 Å². The van der Waals surface area contributed by atoms with Gasteiger partial charge in [-0.1, -0.05) is 25.4 Å². The summed E-state index contributed by atoms with van der Waals surface area (Å²) in [5.74, 6) is -0.382. The first-order valence-corrected chi connectivity index (χ1v) is 5.67. The Balaban J connectivity index is 3.02. The molecule has 0 atom stereocenters. The van der Waals surface area contributed by atoms with E-state index >= 15 is 0 Å². The minimum atomic E-state index is -0.394. The molecule has 1 amide bonds. The summed E-state index contributed by atoms with van der Waals surface area (Å²) in [6.45, 7) is 4.37. The van der Waals surface area contributed by atoms with Crippen LogP contribution in [0.2, 0.25) is 5.02 Å². The molecule has 0 fully saturated rings. The Morgan fingerprint density at radius 2 is 2.19 bits per heavy atom. The summed E-state index contributed by atoms with van der Waals surface area (Å²) in [4.78, 5) is 25.8. The van der Waals surface area contributed by atoms with Crippen molar-refractivity contribution in [3.8, 4) is 0 Å². The number of H-pyrrole nitrogens is 1. The quantitative estimate of drug-likeness (QED) is 0.845. The lowest BCUT2D eigenvalue weighted by Gasteiger charge is -2.05. The molecule has 88 valence electrons. The Morgan fingerprint density at radius 1 is 1.50 bits per heavy atom. The van der Waals surface area contributed by atoms with E-state index in [9.17, 15) is 9.59 Å². The first-order chi connectivity index (χ1) is 7.60. The van der Waals surface area contributed by atoms with Gasteiger partial charge in [0.1, 0.15) is 5.56 Å². The molecular formula is C11H15ClN2O2. The number of hydrogen-bond acceptors (Lipinski definition) is 2. The molecule has 0 aliphatic carbocycles. The van der Waals surface area contributed by atoms with Gasteiger partial charge in [-0.15, -0.1) is 0 Å². The van der Waals surface area contributed by atoms with Gasteiger partial charge in [0.15, 0.2) is 0 Å². The first-order valence-electron chi connectivity index (χ1n) is 5.30. The largest absolute Gasteiger partial charge is 0.352 e. The van der Waals surface area contributed by atoms with Crippen LogP contribution >= 0.6 is 11.6 Å². The van der Waals surface area contributed by atoms with Crippen molar-refractivity contribution in [1.29, 1.82) is 0 Å². The standard InChI is InChI=1S/C11H15ClN2O2/c1-3-5-13-10(15)7-6-8(12)9(4-2)14-11(7)16/h6H,3-5H2,1-2H3,(H,13,15)(H,14,16). The Labute approximate surface area is 99.0 Å². The number of halogens is 1. The lowest BCUT2D eigenvalue weighted by Crippen LogP contribution is -2.30. The second-order valence-corrected chi connectivity index (χ2v) is 3.86. The number of aryl methyl sites for hydroxylation is 1. The van der Waals surface area contributed by atoms with E-state index in [0.29, 0.717) is 23.7 Å². The summed E-state index contributed by atoms with van der Waals surface area (Å²) >= 11 is 5.93. The molecule has 4 nitrogen and oxygen atoms in total. The third-order valence-electron chi connectivity index (χ3n) is 2.20. The fraction of sp³-hybridized carbons (Fsp3) is 0.455. The number of amides is 1. The van der Waals surface area contributed by atoms with Gasteiger partial charge in [-0.3, -0.25) is 9.59 Å². The maximum absolute atomic E-state index is 11.6. The molecule has 1 rings (SSSR count). The zero-order valence-corrected chi connectivity index (χ0v) is 10.1. The highest BCUT2D eigenvalue weighted by Gasteiger charge is 2.12. The van der Waals surface area contributed by atoms with Crippen molar-refractivity contribution >= 4 is 17.5 Å².